The minimum absolute atomic E-state index is 0.944. The van der Waals surface area contributed by atoms with Crippen LogP contribution in [-0.4, -0.2) is 11.2 Å². The smallest absolute Gasteiger partial charge is 0.496 e. The van der Waals surface area contributed by atoms with Gasteiger partial charge in [-0.1, -0.05) is 0 Å². The largest absolute Gasteiger partial charge is 0.580 e. The summed E-state index contributed by atoms with van der Waals surface area (Å²) in [4.78, 5) is 9.01. The van der Waals surface area contributed by atoms with Crippen molar-refractivity contribution in [1.29, 1.82) is 0 Å². The standard InChI is InChI=1S/CH2N2O2/c2-3-1(4)5/h3H,(H,4,5). The fourth-order valence-corrected chi connectivity index (χ4v) is 0. The van der Waals surface area contributed by atoms with E-state index in [0.29, 0.717) is 0 Å². The molecular weight excluding hydrogens is 72.0 g/mol. The molecule has 1 amide bonds. The number of carboxylic acid groups (broad SMARTS) is 1. The van der Waals surface area contributed by atoms with Crippen LogP contribution in [0.15, 0.2) is 0 Å². The van der Waals surface area contributed by atoms with E-state index >= 15 is 0 Å². The summed E-state index contributed by atoms with van der Waals surface area (Å²) in [7, 11) is 0. The highest BCUT2D eigenvalue weighted by molar-refractivity contribution is 5.51. The summed E-state index contributed by atoms with van der Waals surface area (Å²) in [6, 6.07) is 0. The number of carbonyl (C=O) groups is 1. The van der Waals surface area contributed by atoms with Gasteiger partial charge in [0.1, 0.15) is 0 Å². The van der Waals surface area contributed by atoms with Gasteiger partial charge in [-0.05, 0) is 0 Å². The maximum absolute atomic E-state index is 9.01. The average Bonchev–Trinajstić information content (AvgIpc) is 1.38. The van der Waals surface area contributed by atoms with Crippen LogP contribution < -0.4 is 5.11 Å². The highest BCUT2D eigenvalue weighted by atomic mass is 16.4. The van der Waals surface area contributed by atoms with Gasteiger partial charge in [0.05, 0.1) is 0 Å². The lowest BCUT2D eigenvalue weighted by Crippen LogP contribution is -2.67. The molecule has 0 aliphatic rings. The zero-order valence-corrected chi connectivity index (χ0v) is 2.30. The lowest BCUT2D eigenvalue weighted by atomic mass is 11.3. The van der Waals surface area contributed by atoms with Crippen molar-refractivity contribution in [3.05, 3.63) is 5.53 Å². The van der Waals surface area contributed by atoms with Crippen molar-refractivity contribution in [3.63, 3.8) is 0 Å². The van der Waals surface area contributed by atoms with Crippen molar-refractivity contribution in [3.8, 4) is 0 Å². The van der Waals surface area contributed by atoms with Crippen molar-refractivity contribution < 1.29 is 15.0 Å². The zero-order valence-electron chi connectivity index (χ0n) is 2.30. The fraction of sp³-hybridized carbons (Fsp3) is 0. The Kier molecular flexibility index (Phi) is 1.14. The first kappa shape index (κ1) is 4.07. The number of nitrogens with one attached hydrogen (secondary N) is 1. The molecule has 0 aromatic heterocycles. The summed E-state index contributed by atoms with van der Waals surface area (Å²) < 4.78 is 0. The summed E-state index contributed by atoms with van der Waals surface area (Å²) in [5.74, 6) is 0. The lowest BCUT2D eigenvalue weighted by Gasteiger charge is -1.63. The Morgan fingerprint density at radius 2 is 2.20 bits per heavy atom. The predicted octanol–water partition coefficient (Wildman–Crippen LogP) is -1.23. The molecule has 0 spiro atoms. The van der Waals surface area contributed by atoms with E-state index in [2.05, 4.69) is 0 Å². The van der Waals surface area contributed by atoms with Gasteiger partial charge in [0.2, 0.25) is 0 Å². The van der Waals surface area contributed by atoms with Crippen LogP contribution in [0.3, 0.4) is 0 Å². The molecular formula is CH2N2O2. The van der Waals surface area contributed by atoms with E-state index in [1.54, 1.807) is 0 Å². The maximum atomic E-state index is 9.01. The van der Waals surface area contributed by atoms with E-state index in [0.717, 1.165) is 5.11 Å². The molecule has 0 fully saturated rings. The predicted molar refractivity (Wildman–Crippen MR) is 12.3 cm³/mol. The van der Waals surface area contributed by atoms with Gasteiger partial charge < -0.3 is 10.6 Å². The number of rotatable bonds is 0. The quantitative estimate of drug-likeness (QED) is 0.353. The average molecular weight is 74.0 g/mol. The van der Waals surface area contributed by atoms with E-state index in [1.165, 1.54) is 0 Å². The Morgan fingerprint density at radius 1 is 2.00 bits per heavy atom. The van der Waals surface area contributed by atoms with Gasteiger partial charge >= 0.3 is 6.09 Å². The molecule has 0 unspecified atom stereocenters. The normalized spacial score (nSPS) is 6.40. The molecule has 0 aromatic carbocycles. The summed E-state index contributed by atoms with van der Waals surface area (Å²) in [6.45, 7) is 0. The number of amides is 1. The Labute approximate surface area is 27.9 Å². The third kappa shape index (κ3) is 3.07. The third-order valence-electron chi connectivity index (χ3n) is 0.0956. The van der Waals surface area contributed by atoms with Crippen LogP contribution in [0.1, 0.15) is 0 Å². The molecule has 0 saturated carbocycles. The van der Waals surface area contributed by atoms with Crippen molar-refractivity contribution in [2.45, 2.75) is 0 Å². The van der Waals surface area contributed by atoms with E-state index < -0.39 is 6.09 Å². The second-order valence-corrected chi connectivity index (χ2v) is 0.417. The van der Waals surface area contributed by atoms with E-state index in [1.807, 2.05) is 0 Å². The molecule has 0 aliphatic heterocycles. The van der Waals surface area contributed by atoms with Gasteiger partial charge in [0.25, 0.3) is 0 Å². The first-order chi connectivity index (χ1) is 2.27. The molecule has 4 heteroatoms. The van der Waals surface area contributed by atoms with Crippen LogP contribution in [0.5, 0.6) is 0 Å². The molecule has 4 nitrogen and oxygen atoms in total. The monoisotopic (exact) mass is 74.0 g/mol. The fourth-order valence-electron chi connectivity index (χ4n) is 0. The number of hydrogen-bond donors (Lipinski definition) is 2. The molecule has 0 bridgehead atoms. The SMILES string of the molecule is [N-]=[NH+]C(=O)O. The number of hydrogen-bond acceptors (Lipinski definition) is 1. The van der Waals surface area contributed by atoms with Gasteiger partial charge in [0, 0.05) is 0 Å². The van der Waals surface area contributed by atoms with E-state index in [-0.39, 0.29) is 0 Å². The van der Waals surface area contributed by atoms with Crippen LogP contribution in [0, 0.1) is 0 Å². The van der Waals surface area contributed by atoms with Crippen molar-refractivity contribution in [2.24, 2.45) is 0 Å². The van der Waals surface area contributed by atoms with Crippen LogP contribution >= 0.6 is 0 Å². The Hall–Kier alpha value is -0.930. The second-order valence-electron chi connectivity index (χ2n) is 0.417. The summed E-state index contributed by atoms with van der Waals surface area (Å²) in [6.07, 6.45) is -1.44. The van der Waals surface area contributed by atoms with Crippen LogP contribution in [-0.2, 0) is 0 Å². The van der Waals surface area contributed by atoms with E-state index in [9.17, 15) is 0 Å². The van der Waals surface area contributed by atoms with Crippen molar-refractivity contribution in [2.75, 3.05) is 0 Å². The Balaban J connectivity index is 3.20. The lowest BCUT2D eigenvalue weighted by molar-refractivity contribution is -0.387. The van der Waals surface area contributed by atoms with Crippen LogP contribution in [0.2, 0.25) is 0 Å². The molecule has 0 aromatic rings. The molecule has 28 valence electrons. The molecule has 5 heavy (non-hydrogen) atoms. The van der Waals surface area contributed by atoms with Gasteiger partial charge in [-0.15, -0.1) is 0 Å². The van der Waals surface area contributed by atoms with Crippen LogP contribution in [0.4, 0.5) is 4.79 Å². The van der Waals surface area contributed by atoms with Gasteiger partial charge in [-0.3, -0.25) is 0 Å². The van der Waals surface area contributed by atoms with Crippen LogP contribution in [0.25, 0.3) is 5.53 Å². The van der Waals surface area contributed by atoms with Gasteiger partial charge in [-0.2, -0.15) is 4.79 Å². The summed E-state index contributed by atoms with van der Waals surface area (Å²) >= 11 is 0. The molecule has 0 heterocycles. The van der Waals surface area contributed by atoms with E-state index in [4.69, 9.17) is 15.4 Å². The minimum atomic E-state index is -1.44. The molecule has 0 aliphatic carbocycles. The highest BCUT2D eigenvalue weighted by Crippen LogP contribution is 1.31. The summed E-state index contributed by atoms with van der Waals surface area (Å²) in [5.41, 5.74) is 7.29. The third-order valence-corrected chi connectivity index (χ3v) is 0.0956. The van der Waals surface area contributed by atoms with Gasteiger partial charge in [-0.25, -0.2) is 5.11 Å². The number of nitrogens with zero attached hydrogens (tertiary/aromatic N) is 1. The first-order valence-electron chi connectivity index (χ1n) is 0.901. The summed E-state index contributed by atoms with van der Waals surface area (Å²) in [5, 5.41) is 8.31. The topological polar surface area (TPSA) is 73.6 Å². The zero-order chi connectivity index (χ0) is 4.28. The van der Waals surface area contributed by atoms with Crippen molar-refractivity contribution in [1.82, 2.24) is 0 Å². The highest BCUT2D eigenvalue weighted by Gasteiger charge is 1.82. The molecule has 0 rings (SSSR count). The maximum Gasteiger partial charge on any atom is 0.580 e. The first-order valence-corrected chi connectivity index (χ1v) is 0.901. The van der Waals surface area contributed by atoms with Crippen molar-refractivity contribution >= 4 is 6.09 Å². The molecule has 0 atom stereocenters. The molecule has 0 saturated heterocycles. The second kappa shape index (κ2) is 1.40. The molecule has 2 N–H and O–H groups in total. The van der Waals surface area contributed by atoms with Gasteiger partial charge in [0.15, 0.2) is 0 Å². The molecule has 0 radical (unpaired) electrons. The minimum Gasteiger partial charge on any atom is -0.496 e. The Morgan fingerprint density at radius 3 is 2.20 bits per heavy atom. The Bertz CT molecular complexity index is 58.7.